The minimum atomic E-state index is -1.05. The molecule has 6 heterocycles. The molecule has 2 spiro atoms. The van der Waals surface area contributed by atoms with E-state index in [0.29, 0.717) is 48.2 Å². The van der Waals surface area contributed by atoms with Crippen LogP contribution in [0.4, 0.5) is 0 Å². The molecular weight excluding hydrogens is 861 g/mol. The quantitative estimate of drug-likeness (QED) is 0.127. The summed E-state index contributed by atoms with van der Waals surface area (Å²) in [5.74, 6) is 1.72. The van der Waals surface area contributed by atoms with Crippen LogP contribution in [0, 0.1) is 0 Å². The van der Waals surface area contributed by atoms with Gasteiger partial charge in [-0.15, -0.1) is 0 Å². The van der Waals surface area contributed by atoms with Crippen LogP contribution in [0.5, 0.6) is 23.0 Å². The van der Waals surface area contributed by atoms with Gasteiger partial charge in [-0.2, -0.15) is 0 Å². The summed E-state index contributed by atoms with van der Waals surface area (Å²) in [5, 5.41) is 32.4. The van der Waals surface area contributed by atoms with Gasteiger partial charge in [-0.3, -0.25) is 4.79 Å². The van der Waals surface area contributed by atoms with Crippen LogP contribution in [-0.4, -0.2) is 81.6 Å². The fourth-order valence-corrected chi connectivity index (χ4v) is 9.40. The molecule has 6 aromatic rings. The molecule has 362 valence electrons. The van der Waals surface area contributed by atoms with Crippen molar-refractivity contribution in [3.63, 3.8) is 0 Å². The summed E-state index contributed by atoms with van der Waals surface area (Å²) in [6, 6.07) is 34.5. The molecule has 0 radical (unpaired) electrons. The number of likely N-dealkylation sites (tertiary alicyclic amines) is 1. The molecule has 0 bridgehead atoms. The van der Waals surface area contributed by atoms with Gasteiger partial charge in [0, 0.05) is 69.2 Å². The average Bonchev–Trinajstić information content (AvgIpc) is 4.05. The van der Waals surface area contributed by atoms with Crippen molar-refractivity contribution >= 4 is 11.9 Å². The number of carboxylic acid groups (broad SMARTS) is 1. The number of amides is 1. The standard InChI is InChI=1S/C26H28N2O4.C15H16N2O.C11H14O4.C2H6.CH4/c1-25(2,30)19-11-10-18(17-22(19)31-3)24(29)27-15-12-26(13-16-27)23-9-6-14-28(23)20-7-4-5-8-21(20)32-26;1-2-5-13-12(4-1)17-11-3-6-14(17)15(18-13)7-9-16-10-8-15;1-11(2,14)8-5-4-7(10(12)13)6-9(8)15-3;1-2;/h4-11,14,17,30H,12-13,15-16H2,1-3H3;1-6,11,16H,7-10H2;4-6,14H,1-3H3,(H,12,13);1-2H3;1H4/i;;;1D;. The van der Waals surface area contributed by atoms with Gasteiger partial charge in [-0.25, -0.2) is 4.79 Å². The largest absolute Gasteiger partial charge is 0.496 e. The van der Waals surface area contributed by atoms with Crippen LogP contribution in [0.1, 0.15) is 119 Å². The number of aliphatic hydroxyl groups is 2. The van der Waals surface area contributed by atoms with Crippen LogP contribution in [-0.2, 0) is 22.4 Å². The number of piperidine rings is 2. The zero-order chi connectivity index (χ0) is 48.9. The van der Waals surface area contributed by atoms with E-state index < -0.39 is 22.8 Å². The molecule has 13 heteroatoms. The third-order valence-electron chi connectivity index (χ3n) is 12.8. The Morgan fingerprint density at radius 3 is 1.53 bits per heavy atom. The highest BCUT2D eigenvalue weighted by molar-refractivity contribution is 5.95. The van der Waals surface area contributed by atoms with E-state index in [1.807, 2.05) is 29.2 Å². The van der Waals surface area contributed by atoms with Crippen molar-refractivity contribution in [3.05, 3.63) is 155 Å². The number of nitrogens with zero attached hydrogens (tertiary/aromatic N) is 3. The van der Waals surface area contributed by atoms with Crippen LogP contribution in [0.3, 0.4) is 0 Å². The minimum Gasteiger partial charge on any atom is -0.496 e. The van der Waals surface area contributed by atoms with Crippen molar-refractivity contribution in [1.82, 2.24) is 19.4 Å². The predicted molar refractivity (Wildman–Crippen MR) is 265 cm³/mol. The summed E-state index contributed by atoms with van der Waals surface area (Å²) in [4.78, 5) is 25.8. The Bertz CT molecular complexity index is 2700. The van der Waals surface area contributed by atoms with E-state index in [1.165, 1.54) is 24.9 Å². The lowest BCUT2D eigenvalue weighted by Gasteiger charge is -2.45. The molecule has 0 atom stereocenters. The zero-order valence-electron chi connectivity index (χ0n) is 40.5. The summed E-state index contributed by atoms with van der Waals surface area (Å²) in [7, 11) is 2.99. The van der Waals surface area contributed by atoms with E-state index in [-0.39, 0.29) is 24.5 Å². The number of carbonyl (C=O) groups is 2. The molecule has 2 fully saturated rings. The molecule has 4 N–H and O–H groups in total. The second-order valence-electron chi connectivity index (χ2n) is 18.0. The first-order valence-corrected chi connectivity index (χ1v) is 22.8. The number of aromatic nitrogens is 2. The molecule has 10 rings (SSSR count). The van der Waals surface area contributed by atoms with Gasteiger partial charge in [0.25, 0.3) is 5.91 Å². The number of fused-ring (bicyclic) bond motifs is 8. The highest BCUT2D eigenvalue weighted by Gasteiger charge is 2.45. The molecular formula is C55H68N4O9. The number of para-hydroxylation sites is 4. The SMILES string of the molecule is C.COc1cc(C(=O)N2CCC3(CC2)Oc2ccccc2-n2cccc23)ccc1C(C)(C)O.COc1cc(C(=O)O)ccc1C(C)(C)O.[2H]CC.c1ccc2c(c1)OC1(CCNCC1)c1cccn1-2. The van der Waals surface area contributed by atoms with Gasteiger partial charge in [-0.1, -0.05) is 57.6 Å². The molecule has 2 saturated heterocycles. The molecule has 13 nitrogen and oxygen atoms in total. The molecule has 0 aliphatic carbocycles. The number of aromatic carboxylic acids is 1. The van der Waals surface area contributed by atoms with Gasteiger partial charge >= 0.3 is 5.97 Å². The first-order chi connectivity index (χ1) is 32.5. The predicted octanol–water partition coefficient (Wildman–Crippen LogP) is 9.97. The third-order valence-corrected chi connectivity index (χ3v) is 12.8. The third kappa shape index (κ3) is 10.2. The van der Waals surface area contributed by atoms with Gasteiger partial charge in [0.1, 0.15) is 23.0 Å². The summed E-state index contributed by atoms with van der Waals surface area (Å²) < 4.78 is 34.1. The Labute approximate surface area is 402 Å². The minimum absolute atomic E-state index is 0. The van der Waals surface area contributed by atoms with E-state index in [2.05, 4.69) is 75.4 Å². The number of hydrogen-bond donors (Lipinski definition) is 4. The number of rotatable bonds is 6. The van der Waals surface area contributed by atoms with Crippen LogP contribution in [0.15, 0.2) is 122 Å². The molecule has 4 aliphatic heterocycles. The highest BCUT2D eigenvalue weighted by Crippen LogP contribution is 2.46. The first kappa shape index (κ1) is 49.4. The zero-order valence-corrected chi connectivity index (χ0v) is 39.5. The number of carboxylic acids is 1. The molecule has 68 heavy (non-hydrogen) atoms. The number of ether oxygens (including phenoxy) is 4. The number of nitrogens with one attached hydrogen (secondary N) is 1. The summed E-state index contributed by atoms with van der Waals surface area (Å²) in [6.07, 6.45) is 7.72. The molecule has 4 aromatic carbocycles. The summed E-state index contributed by atoms with van der Waals surface area (Å²) in [6.45, 7) is 12.2. The number of methoxy groups -OCH3 is 2. The van der Waals surface area contributed by atoms with Crippen molar-refractivity contribution in [2.45, 2.75) is 97.0 Å². The van der Waals surface area contributed by atoms with E-state index in [1.54, 1.807) is 66.0 Å². The van der Waals surface area contributed by atoms with Crippen LogP contribution < -0.4 is 24.3 Å². The van der Waals surface area contributed by atoms with Gasteiger partial charge in [0.15, 0.2) is 11.2 Å². The molecule has 4 aliphatic rings. The lowest BCUT2D eigenvalue weighted by atomic mass is 9.86. The molecule has 0 unspecified atom stereocenters. The lowest BCUT2D eigenvalue weighted by Crippen LogP contribution is -2.50. The van der Waals surface area contributed by atoms with Crippen LogP contribution in [0.25, 0.3) is 11.4 Å². The number of carbonyl (C=O) groups excluding carboxylic acids is 1. The summed E-state index contributed by atoms with van der Waals surface area (Å²) >= 11 is 0. The Morgan fingerprint density at radius 1 is 0.662 bits per heavy atom. The van der Waals surface area contributed by atoms with Crippen molar-refractivity contribution in [2.75, 3.05) is 40.4 Å². The Hall–Kier alpha value is -6.54. The second kappa shape index (κ2) is 20.8. The van der Waals surface area contributed by atoms with Gasteiger partial charge < -0.3 is 53.6 Å². The van der Waals surface area contributed by atoms with E-state index in [9.17, 15) is 19.8 Å². The van der Waals surface area contributed by atoms with Gasteiger partial charge in [0.05, 0.1) is 53.7 Å². The Morgan fingerprint density at radius 2 is 1.09 bits per heavy atom. The summed E-state index contributed by atoms with van der Waals surface area (Å²) in [5.41, 5.74) is 3.89. The maximum atomic E-state index is 13.3. The monoisotopic (exact) mass is 930 g/mol. The molecule has 1 amide bonds. The number of benzene rings is 4. The van der Waals surface area contributed by atoms with E-state index in [4.69, 9.17) is 25.4 Å². The van der Waals surface area contributed by atoms with Crippen LogP contribution >= 0.6 is 0 Å². The van der Waals surface area contributed by atoms with E-state index >= 15 is 0 Å². The van der Waals surface area contributed by atoms with Gasteiger partial charge in [0.2, 0.25) is 0 Å². The van der Waals surface area contributed by atoms with Crippen LogP contribution in [0.2, 0.25) is 0 Å². The smallest absolute Gasteiger partial charge is 0.335 e. The Balaban J connectivity index is 0.000000179. The first-order valence-electron chi connectivity index (χ1n) is 23.5. The van der Waals surface area contributed by atoms with Crippen molar-refractivity contribution in [2.24, 2.45) is 0 Å². The van der Waals surface area contributed by atoms with Crippen molar-refractivity contribution in [3.8, 4) is 34.4 Å². The normalized spacial score (nSPS) is 16.0. The topological polar surface area (TPSA) is 157 Å². The average molecular weight is 930 g/mol. The second-order valence-corrected chi connectivity index (χ2v) is 18.0. The maximum Gasteiger partial charge on any atom is 0.335 e. The van der Waals surface area contributed by atoms with Crippen molar-refractivity contribution in [1.29, 1.82) is 0 Å². The van der Waals surface area contributed by atoms with Crippen molar-refractivity contribution < 1.29 is 45.2 Å². The molecule has 0 saturated carbocycles. The number of hydrogen-bond acceptors (Lipinski definition) is 9. The van der Waals surface area contributed by atoms with E-state index in [0.717, 1.165) is 67.3 Å². The Kier molecular flexibility index (Phi) is 15.1. The van der Waals surface area contributed by atoms with Gasteiger partial charge in [-0.05, 0) is 114 Å². The fourth-order valence-electron chi connectivity index (χ4n) is 9.40. The maximum absolute atomic E-state index is 13.3. The lowest BCUT2D eigenvalue weighted by molar-refractivity contribution is -0.00934. The molecule has 2 aromatic heterocycles. The fraction of sp³-hybridized carbons (Fsp3) is 0.382. The highest BCUT2D eigenvalue weighted by atomic mass is 16.5.